The summed E-state index contributed by atoms with van der Waals surface area (Å²) in [5.74, 6) is 0.389. The average Bonchev–Trinajstić information content (AvgIpc) is 0.729. The first-order valence-electron chi connectivity index (χ1n) is 46.1. The quantitative estimate of drug-likeness (QED) is 0.0612. The molecule has 0 aliphatic carbocycles. The molecule has 21 aromatic rings. The van der Waals surface area contributed by atoms with Gasteiger partial charge in [-0.15, -0.1) is 139 Å². The van der Waals surface area contributed by atoms with E-state index < -0.39 is 32.5 Å². The van der Waals surface area contributed by atoms with Crippen LogP contribution >= 0.6 is 0 Å². The minimum Gasteiger partial charge on any atom is -0.299 e. The normalized spacial score (nSPS) is 13.7. The van der Waals surface area contributed by atoms with Gasteiger partial charge in [0.2, 0.25) is 0 Å². The molecule has 0 N–H and O–H groups in total. The van der Waals surface area contributed by atoms with Gasteiger partial charge in [0.25, 0.3) is 0 Å². The average molecular weight is 2330 g/mol. The Hall–Kier alpha value is -14.3. The second-order valence-corrected chi connectivity index (χ2v) is 35.8. The first-order valence-corrected chi connectivity index (χ1v) is 46.1. The van der Waals surface area contributed by atoms with Crippen LogP contribution in [-0.4, -0.2) is 44.9 Å². The zero-order valence-electron chi connectivity index (χ0n) is 78.5. The second-order valence-electron chi connectivity index (χ2n) is 35.8. The maximum absolute atomic E-state index is 5.52. The summed E-state index contributed by atoms with van der Waals surface area (Å²) in [6.07, 6.45) is 11.1. The number of hydrogen-bond donors (Lipinski definition) is 0. The van der Waals surface area contributed by atoms with Gasteiger partial charge < -0.3 is 0 Å². The molecule has 0 radical (unpaired) electrons. The van der Waals surface area contributed by atoms with Crippen LogP contribution in [-0.2, 0) is 92.8 Å². The van der Waals surface area contributed by atoms with Crippen molar-refractivity contribution in [2.75, 3.05) is 0 Å². The van der Waals surface area contributed by atoms with E-state index in [1.165, 1.54) is 5.56 Å². The van der Waals surface area contributed by atoms with Crippen LogP contribution in [0.15, 0.2) is 425 Å². The zero-order valence-corrected chi connectivity index (χ0v) is 85.7. The molecule has 3 unspecified atom stereocenters. The Morgan fingerprint density at radius 1 is 0.216 bits per heavy atom. The minimum atomic E-state index is -0.654. The smallest absolute Gasteiger partial charge is 0.299 e. The van der Waals surface area contributed by atoms with Crippen LogP contribution in [0.3, 0.4) is 0 Å². The molecule has 0 spiro atoms. The van der Waals surface area contributed by atoms with Crippen LogP contribution in [0.2, 0.25) is 0 Å². The van der Waals surface area contributed by atoms with E-state index in [2.05, 4.69) is 353 Å². The monoisotopic (exact) mass is 2330 g/mol. The van der Waals surface area contributed by atoms with Crippen LogP contribution in [0.25, 0.3) is 66.1 Å². The van der Waals surface area contributed by atoms with Gasteiger partial charge >= 0.3 is 60.3 Å². The third-order valence-corrected chi connectivity index (χ3v) is 27.1. The summed E-state index contributed by atoms with van der Waals surface area (Å²) in [7, 11) is 0. The van der Waals surface area contributed by atoms with Gasteiger partial charge in [0.15, 0.2) is 0 Å². The van der Waals surface area contributed by atoms with Gasteiger partial charge in [-0.05, 0) is 193 Å². The molecule has 9 aromatic heterocycles. The summed E-state index contributed by atoms with van der Waals surface area (Å²) < 4.78 is 0. The Morgan fingerprint density at radius 3 is 0.791 bits per heavy atom. The van der Waals surface area contributed by atoms with E-state index in [9.17, 15) is 0 Å². The number of rotatable bonds is 22. The van der Waals surface area contributed by atoms with Crippen LogP contribution < -0.4 is 0 Å². The second kappa shape index (κ2) is 42.8. The largest absolute Gasteiger partial charge is 3.00 e. The summed E-state index contributed by atoms with van der Waals surface area (Å²) in [4.78, 5) is 45.5. The Balaban J connectivity index is 0.000000149. The van der Waals surface area contributed by atoms with Crippen molar-refractivity contribution in [2.45, 2.75) is 101 Å². The number of hydrogen-bond acceptors (Lipinski definition) is 9. The maximum atomic E-state index is 5.52. The van der Waals surface area contributed by atoms with Crippen molar-refractivity contribution in [1.82, 2.24) is 44.9 Å². The van der Waals surface area contributed by atoms with Crippen molar-refractivity contribution >= 4 is 32.3 Å². The number of aryl methyl sites for hydroxylation is 1. The van der Waals surface area contributed by atoms with Gasteiger partial charge in [-0.25, -0.2) is 0 Å². The van der Waals surface area contributed by atoms with Crippen molar-refractivity contribution in [1.29, 1.82) is 0 Å². The summed E-state index contributed by atoms with van der Waals surface area (Å²) in [5, 5.41) is 6.56. The molecular weight excluding hydrogens is 2230 g/mol. The molecule has 12 heteroatoms. The van der Waals surface area contributed by atoms with Crippen LogP contribution in [0.1, 0.15) is 174 Å². The molecule has 12 aromatic carbocycles. The van der Waals surface area contributed by atoms with E-state index in [4.69, 9.17) is 44.9 Å². The van der Waals surface area contributed by atoms with Gasteiger partial charge in [0.05, 0.1) is 50.4 Å². The molecule has 9 heterocycles. The summed E-state index contributed by atoms with van der Waals surface area (Å²) in [6, 6.07) is 165. The molecule has 0 aliphatic heterocycles. The van der Waals surface area contributed by atoms with Gasteiger partial charge in [0.1, 0.15) is 0 Å². The van der Waals surface area contributed by atoms with Gasteiger partial charge in [0, 0.05) is 70.5 Å². The SMILES string of the molecule is CC(C)c1ccc2c(-c3[c-]c(C(C)(c4[c-]cccc4)c4ccccn4)ccc3)nc([C@](C)(c3[c-]cccc3)c3ccccn3)cc2c1.CC(c1[c-]cccc1)(c1[c-]c(-c2nc([C@](C)(c3[c-]cccc3)c3ccccn3)cc3ccccc23)ccc1)c1ccccn1.Cc1cc(-c2nc([C@](C)(c3[c-]cccc3)c3ccccn3)cc3ccccc23)[c-]c(C(C)(c2[c-]cccc2)c2ccccn2)c1.[Ir+3].[Ir+3].[Ir+3]. The molecular formula is C127H98Ir3N9. The van der Waals surface area contributed by atoms with E-state index in [1.807, 2.05) is 189 Å². The molecule has 21 rings (SSSR count). The maximum Gasteiger partial charge on any atom is 3.00 e. The van der Waals surface area contributed by atoms with Crippen molar-refractivity contribution in [3.05, 3.63) is 592 Å². The summed E-state index contributed by atoms with van der Waals surface area (Å²) >= 11 is 0. The number of benzene rings is 12. The third-order valence-electron chi connectivity index (χ3n) is 27.1. The Bertz CT molecular complexity index is 7460. The molecule has 678 valence electrons. The molecule has 0 amide bonds. The topological polar surface area (TPSA) is 116 Å². The number of pyridine rings is 9. The Kier molecular flexibility index (Phi) is 30.1. The Morgan fingerprint density at radius 2 is 0.482 bits per heavy atom. The van der Waals surface area contributed by atoms with E-state index in [0.29, 0.717) is 5.92 Å². The molecule has 0 aliphatic rings. The number of fused-ring (bicyclic) bond motifs is 3. The van der Waals surface area contributed by atoms with Gasteiger partial charge in [-0.2, -0.15) is 182 Å². The number of aromatic nitrogens is 9. The van der Waals surface area contributed by atoms with E-state index >= 15 is 0 Å². The molecule has 0 saturated heterocycles. The van der Waals surface area contributed by atoms with Crippen LogP contribution in [0.4, 0.5) is 0 Å². The fourth-order valence-corrected chi connectivity index (χ4v) is 19.0. The third kappa shape index (κ3) is 19.2. The summed E-state index contributed by atoms with van der Waals surface area (Å²) in [6.45, 7) is 19.8. The van der Waals surface area contributed by atoms with E-state index in [0.717, 1.165) is 173 Å². The van der Waals surface area contributed by atoms with Gasteiger partial charge in [-0.1, -0.05) is 124 Å². The molecule has 0 bridgehead atoms. The molecule has 0 fully saturated rings. The molecule has 139 heavy (non-hydrogen) atoms. The zero-order chi connectivity index (χ0) is 93.3. The summed E-state index contributed by atoms with van der Waals surface area (Å²) in [5.41, 5.74) is 21.5. The van der Waals surface area contributed by atoms with Crippen molar-refractivity contribution < 1.29 is 60.3 Å². The van der Waals surface area contributed by atoms with E-state index in [1.54, 1.807) is 0 Å². The van der Waals surface area contributed by atoms with Crippen molar-refractivity contribution in [3.8, 4) is 33.8 Å². The minimum absolute atomic E-state index is 0. The first kappa shape index (κ1) is 97.8. The molecule has 9 nitrogen and oxygen atoms in total. The van der Waals surface area contributed by atoms with E-state index in [-0.39, 0.29) is 60.3 Å². The van der Waals surface area contributed by atoms with Crippen molar-refractivity contribution in [2.24, 2.45) is 0 Å². The van der Waals surface area contributed by atoms with Crippen LogP contribution in [0.5, 0.6) is 0 Å². The number of nitrogens with zero attached hydrogens (tertiary/aromatic N) is 9. The fourth-order valence-electron chi connectivity index (χ4n) is 19.0. The molecule has 0 saturated carbocycles. The predicted molar refractivity (Wildman–Crippen MR) is 547 cm³/mol. The first-order chi connectivity index (χ1) is 66.4. The molecule has 6 atom stereocenters. The standard InChI is InChI=1S/C44H36N3.C42H32N3.C41H30N3.3Ir/c1-31(2)32-24-25-38-34(28-32)30-41(44(4,36-19-9-6-10-20-36)40-23-12-14-27-46-40)47-42(38)33-16-15-21-37(29-33)43(3,35-17-7-5-8-18-35)39-22-11-13-26-45-39;1-30-26-32(28-35(27-30)41(2,33-17-6-4-7-18-33)37-22-12-14-24-43-37)40-36-21-11-10-16-31(36)29-39(45-40)42(3,34-19-8-5-9-20-34)38-23-13-15-25-44-38;1-40(32-18-5-3-6-19-32,36-24-11-13-26-42-36)34-22-15-17-31(28-34)39-35-23-10-9-16-30(35)29-38(44-39)41(2,33-20-7-4-8-21-33)37-25-12-14-27-43-37;;;/h5-17,19,21-28,30-31H,1-4H3;4-17,19,21-27,29H,1-3H3;3-18,20,22-27,29H,1-2H3;;;/q3*-3;3*+3/t43?,44-;41?,42-;40?,41-;;;/m111.../s1. The van der Waals surface area contributed by atoms with Gasteiger partial charge in [-0.3, -0.25) is 44.9 Å². The predicted octanol–water partition coefficient (Wildman–Crippen LogP) is 27.8. The van der Waals surface area contributed by atoms with Crippen LogP contribution in [0, 0.1) is 61.5 Å². The Labute approximate surface area is 857 Å². The fraction of sp³-hybridized carbons (Fsp3) is 0.126. The van der Waals surface area contributed by atoms with Crippen molar-refractivity contribution in [3.63, 3.8) is 0 Å².